The first-order valence-corrected chi connectivity index (χ1v) is 15.4. The van der Waals surface area contributed by atoms with Gasteiger partial charge >= 0.3 is 11.9 Å². The number of rotatable bonds is 15. The summed E-state index contributed by atoms with van der Waals surface area (Å²) in [6, 6.07) is 23.2. The summed E-state index contributed by atoms with van der Waals surface area (Å²) >= 11 is 1.58. The zero-order valence-corrected chi connectivity index (χ0v) is 25.9. The molecule has 8 nitrogen and oxygen atoms in total. The Hall–Kier alpha value is -4.63. The lowest BCUT2D eigenvalue weighted by Gasteiger charge is -2.24. The second kappa shape index (κ2) is 16.3. The van der Waals surface area contributed by atoms with Crippen molar-refractivity contribution in [3.05, 3.63) is 117 Å². The van der Waals surface area contributed by atoms with E-state index >= 15 is 0 Å². The summed E-state index contributed by atoms with van der Waals surface area (Å²) in [6.45, 7) is 4.36. The fourth-order valence-electron chi connectivity index (χ4n) is 4.70. The van der Waals surface area contributed by atoms with Crippen LogP contribution in [-0.4, -0.2) is 37.6 Å². The minimum absolute atomic E-state index is 0.129. The van der Waals surface area contributed by atoms with Crippen molar-refractivity contribution in [3.8, 4) is 11.5 Å². The van der Waals surface area contributed by atoms with Crippen LogP contribution >= 0.6 is 11.3 Å². The standard InChI is InChI=1S/C35H37NO7S/c1-4-41-33(37)17-16-31(28-13-9-8-10-24(28)2)43-32-21-27(42-22-26-18-19-44-23-26)14-15-29(32)34(38)36-30(35(39)40-3)20-25-11-6-5-7-12-25/h5-15,18-19,21,23,30-31H,4,16-17,20,22H2,1-3H3,(H,36,38). The third kappa shape index (κ3) is 9.18. The van der Waals surface area contributed by atoms with E-state index in [1.54, 1.807) is 36.5 Å². The van der Waals surface area contributed by atoms with E-state index in [2.05, 4.69) is 5.32 Å². The van der Waals surface area contributed by atoms with E-state index in [0.717, 1.165) is 22.3 Å². The number of carbonyl (C=O) groups is 3. The number of esters is 2. The van der Waals surface area contributed by atoms with Crippen LogP contribution in [-0.2, 0) is 32.1 Å². The van der Waals surface area contributed by atoms with Gasteiger partial charge in [-0.3, -0.25) is 9.59 Å². The Morgan fingerprint density at radius 1 is 0.932 bits per heavy atom. The van der Waals surface area contributed by atoms with Gasteiger partial charge in [0.25, 0.3) is 5.91 Å². The Bertz CT molecular complexity index is 1520. The minimum atomic E-state index is -0.923. The molecular weight excluding hydrogens is 578 g/mol. The van der Waals surface area contributed by atoms with E-state index in [9.17, 15) is 14.4 Å². The molecule has 1 aromatic heterocycles. The molecule has 0 spiro atoms. The molecule has 0 aliphatic heterocycles. The summed E-state index contributed by atoms with van der Waals surface area (Å²) in [5.74, 6) is -0.643. The Kier molecular flexibility index (Phi) is 11.9. The van der Waals surface area contributed by atoms with Crippen molar-refractivity contribution in [2.24, 2.45) is 0 Å². The molecule has 0 saturated carbocycles. The molecule has 1 heterocycles. The van der Waals surface area contributed by atoms with E-state index in [-0.39, 0.29) is 36.7 Å². The van der Waals surface area contributed by atoms with Gasteiger partial charge in [0.1, 0.15) is 30.3 Å². The Morgan fingerprint density at radius 3 is 2.41 bits per heavy atom. The Labute approximate surface area is 261 Å². The summed E-state index contributed by atoms with van der Waals surface area (Å²) < 4.78 is 22.8. The highest BCUT2D eigenvalue weighted by Crippen LogP contribution is 2.33. The number of methoxy groups -OCH3 is 1. The van der Waals surface area contributed by atoms with E-state index in [1.165, 1.54) is 7.11 Å². The predicted molar refractivity (Wildman–Crippen MR) is 169 cm³/mol. The second-order valence-corrected chi connectivity index (χ2v) is 10.9. The Balaban J connectivity index is 1.66. The molecular formula is C35H37NO7S. The molecule has 0 aliphatic rings. The first-order chi connectivity index (χ1) is 21.4. The first kappa shape index (κ1) is 32.3. The maximum Gasteiger partial charge on any atom is 0.328 e. The molecule has 0 saturated heterocycles. The van der Waals surface area contributed by atoms with E-state index in [1.807, 2.05) is 78.3 Å². The van der Waals surface area contributed by atoms with Crippen LogP contribution in [0.15, 0.2) is 89.6 Å². The molecule has 3 aromatic carbocycles. The number of hydrogen-bond donors (Lipinski definition) is 1. The molecule has 2 unspecified atom stereocenters. The number of hydrogen-bond acceptors (Lipinski definition) is 8. The lowest BCUT2D eigenvalue weighted by Crippen LogP contribution is -2.43. The molecule has 0 fully saturated rings. The number of aryl methyl sites for hydroxylation is 1. The van der Waals surface area contributed by atoms with Crippen LogP contribution in [0.5, 0.6) is 11.5 Å². The number of carbonyl (C=O) groups excluding carboxylic acids is 3. The fraction of sp³-hybridized carbons (Fsp3) is 0.286. The van der Waals surface area contributed by atoms with Gasteiger partial charge in [0, 0.05) is 18.9 Å². The SMILES string of the molecule is CCOC(=O)CCC(Oc1cc(OCc2ccsc2)ccc1C(=O)NC(Cc1ccccc1)C(=O)OC)c1ccccc1C. The monoisotopic (exact) mass is 615 g/mol. The molecule has 4 rings (SSSR count). The van der Waals surface area contributed by atoms with Crippen LogP contribution in [0, 0.1) is 6.92 Å². The average Bonchev–Trinajstić information content (AvgIpc) is 3.56. The number of thiophene rings is 1. The number of benzene rings is 3. The summed E-state index contributed by atoms with van der Waals surface area (Å²) in [6.07, 6.45) is 0.135. The number of ether oxygens (including phenoxy) is 4. The minimum Gasteiger partial charge on any atom is -0.489 e. The van der Waals surface area contributed by atoms with Crippen LogP contribution in [0.2, 0.25) is 0 Å². The predicted octanol–water partition coefficient (Wildman–Crippen LogP) is 6.61. The molecule has 44 heavy (non-hydrogen) atoms. The molecule has 2 atom stereocenters. The zero-order chi connectivity index (χ0) is 31.3. The molecule has 0 radical (unpaired) electrons. The molecule has 1 N–H and O–H groups in total. The largest absolute Gasteiger partial charge is 0.489 e. The number of nitrogens with one attached hydrogen (secondary N) is 1. The summed E-state index contributed by atoms with van der Waals surface area (Å²) in [5, 5.41) is 6.81. The maximum atomic E-state index is 13.8. The molecule has 0 aliphatic carbocycles. The topological polar surface area (TPSA) is 100 Å². The summed E-state index contributed by atoms with van der Waals surface area (Å²) in [5.41, 5.74) is 3.96. The van der Waals surface area contributed by atoms with E-state index in [4.69, 9.17) is 18.9 Å². The fourth-order valence-corrected chi connectivity index (χ4v) is 5.35. The van der Waals surface area contributed by atoms with Crippen molar-refractivity contribution in [1.82, 2.24) is 5.32 Å². The quantitative estimate of drug-likeness (QED) is 0.150. The van der Waals surface area contributed by atoms with Crippen molar-refractivity contribution in [2.75, 3.05) is 13.7 Å². The highest BCUT2D eigenvalue weighted by molar-refractivity contribution is 7.07. The molecule has 1 amide bonds. The lowest BCUT2D eigenvalue weighted by atomic mass is 9.99. The van der Waals surface area contributed by atoms with Crippen molar-refractivity contribution in [3.63, 3.8) is 0 Å². The highest BCUT2D eigenvalue weighted by Gasteiger charge is 2.26. The lowest BCUT2D eigenvalue weighted by molar-refractivity contribution is -0.144. The third-order valence-corrected chi connectivity index (χ3v) is 7.71. The van der Waals surface area contributed by atoms with Gasteiger partial charge in [0.05, 0.1) is 19.3 Å². The van der Waals surface area contributed by atoms with Crippen LogP contribution in [0.3, 0.4) is 0 Å². The van der Waals surface area contributed by atoms with Crippen LogP contribution in [0.1, 0.15) is 58.5 Å². The zero-order valence-electron chi connectivity index (χ0n) is 25.1. The van der Waals surface area contributed by atoms with Gasteiger partial charge in [-0.2, -0.15) is 11.3 Å². The molecule has 4 aromatic rings. The van der Waals surface area contributed by atoms with E-state index in [0.29, 0.717) is 18.8 Å². The number of amides is 1. The van der Waals surface area contributed by atoms with Gasteiger partial charge < -0.3 is 24.3 Å². The maximum absolute atomic E-state index is 13.8. The second-order valence-electron chi connectivity index (χ2n) is 10.1. The smallest absolute Gasteiger partial charge is 0.328 e. The molecule has 0 bridgehead atoms. The van der Waals surface area contributed by atoms with Crippen LogP contribution < -0.4 is 14.8 Å². The van der Waals surface area contributed by atoms with E-state index < -0.39 is 24.0 Å². The van der Waals surface area contributed by atoms with Crippen molar-refractivity contribution in [2.45, 2.75) is 51.9 Å². The van der Waals surface area contributed by atoms with Gasteiger partial charge in [-0.25, -0.2) is 4.79 Å². The molecule has 9 heteroatoms. The van der Waals surface area contributed by atoms with Crippen LogP contribution in [0.4, 0.5) is 0 Å². The van der Waals surface area contributed by atoms with Gasteiger partial charge in [0.15, 0.2) is 0 Å². The first-order valence-electron chi connectivity index (χ1n) is 14.5. The molecule has 230 valence electrons. The third-order valence-electron chi connectivity index (χ3n) is 6.98. The van der Waals surface area contributed by atoms with Crippen molar-refractivity contribution < 1.29 is 33.3 Å². The van der Waals surface area contributed by atoms with Crippen LogP contribution in [0.25, 0.3) is 0 Å². The normalized spacial score (nSPS) is 12.1. The Morgan fingerprint density at radius 2 is 1.70 bits per heavy atom. The van der Waals surface area contributed by atoms with Gasteiger partial charge in [0.2, 0.25) is 0 Å². The summed E-state index contributed by atoms with van der Waals surface area (Å²) in [7, 11) is 1.29. The van der Waals surface area contributed by atoms with Gasteiger partial charge in [-0.05, 0) is 71.5 Å². The van der Waals surface area contributed by atoms with Crippen molar-refractivity contribution in [1.29, 1.82) is 0 Å². The average molecular weight is 616 g/mol. The van der Waals surface area contributed by atoms with Gasteiger partial charge in [-0.1, -0.05) is 54.6 Å². The van der Waals surface area contributed by atoms with Gasteiger partial charge in [-0.15, -0.1) is 0 Å². The summed E-state index contributed by atoms with van der Waals surface area (Å²) in [4.78, 5) is 38.8. The van der Waals surface area contributed by atoms with Crippen molar-refractivity contribution >= 4 is 29.2 Å². The highest BCUT2D eigenvalue weighted by atomic mass is 32.1.